The van der Waals surface area contributed by atoms with E-state index in [2.05, 4.69) is 4.98 Å². The van der Waals surface area contributed by atoms with E-state index in [1.165, 1.54) is 31.3 Å². The highest BCUT2D eigenvalue weighted by Crippen LogP contribution is 2.44. The number of para-hydroxylation sites is 1. The summed E-state index contributed by atoms with van der Waals surface area (Å²) in [5, 5.41) is 11.6. The SMILES string of the molecule is COc1ccccc1C1/C(=C(\O)c2cc(Cl)c(OC)c(Cl)c2)C(=O)C(=O)N1Cc1ccncc1. The number of likely N-dealkylation sites (tertiary alicyclic amines) is 1. The van der Waals surface area contributed by atoms with E-state index in [0.29, 0.717) is 11.3 Å². The number of carbonyl (C=O) groups is 2. The molecule has 2 heterocycles. The summed E-state index contributed by atoms with van der Waals surface area (Å²) in [6, 6.07) is 12.5. The van der Waals surface area contributed by atoms with E-state index in [1.807, 2.05) is 0 Å². The van der Waals surface area contributed by atoms with Gasteiger partial charge in [-0.3, -0.25) is 14.6 Å². The Morgan fingerprint density at radius 3 is 2.29 bits per heavy atom. The molecule has 1 saturated heterocycles. The molecular formula is C25H20Cl2N2O5. The van der Waals surface area contributed by atoms with Crippen molar-refractivity contribution in [3.63, 3.8) is 0 Å². The number of hydrogen-bond donors (Lipinski definition) is 1. The monoisotopic (exact) mass is 498 g/mol. The number of ketones is 1. The molecule has 0 radical (unpaired) electrons. The summed E-state index contributed by atoms with van der Waals surface area (Å²) in [5.41, 5.74) is 1.40. The van der Waals surface area contributed by atoms with E-state index in [9.17, 15) is 14.7 Å². The van der Waals surface area contributed by atoms with Gasteiger partial charge in [0, 0.05) is 30.1 Å². The minimum Gasteiger partial charge on any atom is -0.507 e. The Kier molecular flexibility index (Phi) is 6.77. The van der Waals surface area contributed by atoms with E-state index < -0.39 is 23.5 Å². The third-order valence-electron chi connectivity index (χ3n) is 5.55. The maximum Gasteiger partial charge on any atom is 0.295 e. The summed E-state index contributed by atoms with van der Waals surface area (Å²) in [5.74, 6) is -1.28. The van der Waals surface area contributed by atoms with Gasteiger partial charge in [0.05, 0.1) is 35.9 Å². The first-order valence-electron chi connectivity index (χ1n) is 10.2. The number of aromatic nitrogens is 1. The van der Waals surface area contributed by atoms with Crippen LogP contribution in [0.25, 0.3) is 5.76 Å². The predicted molar refractivity (Wildman–Crippen MR) is 128 cm³/mol. The van der Waals surface area contributed by atoms with Crippen molar-refractivity contribution in [2.24, 2.45) is 0 Å². The Labute approximate surface area is 206 Å². The summed E-state index contributed by atoms with van der Waals surface area (Å²) in [6.07, 6.45) is 3.21. The molecule has 1 fully saturated rings. The highest BCUT2D eigenvalue weighted by Gasteiger charge is 2.47. The average molecular weight is 499 g/mol. The number of benzene rings is 2. The summed E-state index contributed by atoms with van der Waals surface area (Å²) >= 11 is 12.5. The molecule has 1 aliphatic rings. The van der Waals surface area contributed by atoms with Crippen LogP contribution in [0.15, 0.2) is 66.5 Å². The molecule has 1 N–H and O–H groups in total. The number of aliphatic hydroxyl groups is 1. The second-order valence-electron chi connectivity index (χ2n) is 7.50. The molecule has 1 aliphatic heterocycles. The van der Waals surface area contributed by atoms with E-state index in [0.717, 1.165) is 5.56 Å². The standard InChI is InChI=1S/C25H20Cl2N2O5/c1-33-19-6-4-3-5-16(19)21-20(22(30)15-11-17(26)24(34-2)18(27)12-15)23(31)25(32)29(21)13-14-7-9-28-10-8-14/h3-12,21,30H,13H2,1-2H3/b22-20+. The van der Waals surface area contributed by atoms with Gasteiger partial charge in [-0.2, -0.15) is 0 Å². The second kappa shape index (κ2) is 9.75. The highest BCUT2D eigenvalue weighted by molar-refractivity contribution is 6.46. The number of methoxy groups -OCH3 is 2. The van der Waals surface area contributed by atoms with Crippen LogP contribution in [-0.4, -0.2) is 40.9 Å². The maximum absolute atomic E-state index is 13.2. The quantitative estimate of drug-likeness (QED) is 0.291. The maximum atomic E-state index is 13.2. The van der Waals surface area contributed by atoms with Gasteiger partial charge in [0.15, 0.2) is 5.75 Å². The van der Waals surface area contributed by atoms with Gasteiger partial charge in [-0.15, -0.1) is 0 Å². The van der Waals surface area contributed by atoms with Crippen LogP contribution in [0.4, 0.5) is 0 Å². The molecule has 2 aromatic carbocycles. The van der Waals surface area contributed by atoms with Crippen LogP contribution in [0.5, 0.6) is 11.5 Å². The lowest BCUT2D eigenvalue weighted by atomic mass is 9.94. The molecule has 34 heavy (non-hydrogen) atoms. The number of hydrogen-bond acceptors (Lipinski definition) is 6. The molecule has 1 unspecified atom stereocenters. The van der Waals surface area contributed by atoms with Gasteiger partial charge in [0.1, 0.15) is 11.5 Å². The second-order valence-corrected chi connectivity index (χ2v) is 8.31. The van der Waals surface area contributed by atoms with Crippen LogP contribution in [-0.2, 0) is 16.1 Å². The molecule has 4 rings (SSSR count). The first kappa shape index (κ1) is 23.6. The Balaban J connectivity index is 1.93. The van der Waals surface area contributed by atoms with Gasteiger partial charge in [-0.25, -0.2) is 0 Å². The first-order chi connectivity index (χ1) is 16.4. The Morgan fingerprint density at radius 1 is 1.03 bits per heavy atom. The molecule has 1 amide bonds. The largest absolute Gasteiger partial charge is 0.507 e. The third kappa shape index (κ3) is 4.20. The van der Waals surface area contributed by atoms with E-state index in [1.54, 1.807) is 48.8 Å². The number of halogens is 2. The fourth-order valence-electron chi connectivity index (χ4n) is 3.99. The molecule has 174 valence electrons. The van der Waals surface area contributed by atoms with Crippen LogP contribution >= 0.6 is 23.2 Å². The van der Waals surface area contributed by atoms with E-state index >= 15 is 0 Å². The van der Waals surface area contributed by atoms with Crippen molar-refractivity contribution in [3.05, 3.63) is 93.2 Å². The van der Waals surface area contributed by atoms with E-state index in [-0.39, 0.29) is 33.5 Å². The van der Waals surface area contributed by atoms with Crippen molar-refractivity contribution in [1.29, 1.82) is 0 Å². The average Bonchev–Trinajstić information content (AvgIpc) is 3.08. The summed E-state index contributed by atoms with van der Waals surface area (Å²) in [7, 11) is 2.91. The Hall–Kier alpha value is -3.55. The van der Waals surface area contributed by atoms with Crippen molar-refractivity contribution in [1.82, 2.24) is 9.88 Å². The number of nitrogens with zero attached hydrogens (tertiary/aromatic N) is 2. The summed E-state index contributed by atoms with van der Waals surface area (Å²) in [4.78, 5) is 31.8. The fraction of sp³-hybridized carbons (Fsp3) is 0.160. The van der Waals surface area contributed by atoms with Crippen molar-refractivity contribution >= 4 is 40.7 Å². The zero-order valence-electron chi connectivity index (χ0n) is 18.3. The van der Waals surface area contributed by atoms with Gasteiger partial charge < -0.3 is 19.5 Å². The fourth-order valence-corrected chi connectivity index (χ4v) is 4.63. The van der Waals surface area contributed by atoms with Crippen LogP contribution in [0.1, 0.15) is 22.7 Å². The van der Waals surface area contributed by atoms with Crippen LogP contribution in [0, 0.1) is 0 Å². The number of aliphatic hydroxyl groups excluding tert-OH is 1. The van der Waals surface area contributed by atoms with Crippen molar-refractivity contribution in [2.75, 3.05) is 14.2 Å². The molecule has 0 spiro atoms. The molecule has 0 aliphatic carbocycles. The first-order valence-corrected chi connectivity index (χ1v) is 11.0. The molecule has 0 saturated carbocycles. The van der Waals surface area contributed by atoms with Crippen LogP contribution < -0.4 is 9.47 Å². The summed E-state index contributed by atoms with van der Waals surface area (Å²) < 4.78 is 10.7. The molecule has 9 heteroatoms. The molecule has 7 nitrogen and oxygen atoms in total. The Morgan fingerprint density at radius 2 is 1.68 bits per heavy atom. The van der Waals surface area contributed by atoms with Gasteiger partial charge in [-0.1, -0.05) is 41.4 Å². The Bertz CT molecular complexity index is 1270. The van der Waals surface area contributed by atoms with Crippen LogP contribution in [0.3, 0.4) is 0 Å². The lowest BCUT2D eigenvalue weighted by Crippen LogP contribution is -2.29. The van der Waals surface area contributed by atoms with Gasteiger partial charge >= 0.3 is 0 Å². The number of rotatable bonds is 6. The number of ether oxygens (including phenoxy) is 2. The predicted octanol–water partition coefficient (Wildman–Crippen LogP) is 5.03. The molecule has 1 aromatic heterocycles. The lowest BCUT2D eigenvalue weighted by molar-refractivity contribution is -0.140. The van der Waals surface area contributed by atoms with Crippen molar-refractivity contribution < 1.29 is 24.2 Å². The van der Waals surface area contributed by atoms with E-state index in [4.69, 9.17) is 32.7 Å². The summed E-state index contributed by atoms with van der Waals surface area (Å²) in [6.45, 7) is 0.122. The highest BCUT2D eigenvalue weighted by atomic mass is 35.5. The number of pyridine rings is 1. The minimum atomic E-state index is -0.913. The van der Waals surface area contributed by atoms with Gasteiger partial charge in [0.25, 0.3) is 11.7 Å². The van der Waals surface area contributed by atoms with Crippen LogP contribution in [0.2, 0.25) is 10.0 Å². The zero-order chi connectivity index (χ0) is 24.4. The van der Waals surface area contributed by atoms with Crippen molar-refractivity contribution in [3.8, 4) is 11.5 Å². The molecule has 1 atom stereocenters. The zero-order valence-corrected chi connectivity index (χ0v) is 19.8. The lowest BCUT2D eigenvalue weighted by Gasteiger charge is -2.26. The van der Waals surface area contributed by atoms with Gasteiger partial charge in [0.2, 0.25) is 0 Å². The molecule has 0 bridgehead atoms. The normalized spacial score (nSPS) is 17.2. The third-order valence-corrected chi connectivity index (χ3v) is 6.11. The molecular weight excluding hydrogens is 479 g/mol. The minimum absolute atomic E-state index is 0.0964. The smallest absolute Gasteiger partial charge is 0.295 e. The topological polar surface area (TPSA) is 89.0 Å². The number of Topliss-reactive ketones (excluding diaryl/α,β-unsaturated/α-hetero) is 1. The number of carbonyl (C=O) groups excluding carboxylic acids is 2. The van der Waals surface area contributed by atoms with Gasteiger partial charge in [-0.05, 0) is 35.9 Å². The number of amides is 1. The molecule has 3 aromatic rings. The van der Waals surface area contributed by atoms with Crippen molar-refractivity contribution in [2.45, 2.75) is 12.6 Å².